The molecule has 0 atom stereocenters. The molecule has 0 aliphatic rings. The van der Waals surface area contributed by atoms with Crippen molar-refractivity contribution in [3.63, 3.8) is 0 Å². The first kappa shape index (κ1) is 13.0. The molecular formula is C9H9F2O4S-. The fourth-order valence-corrected chi connectivity index (χ4v) is 1.16. The van der Waals surface area contributed by atoms with Crippen molar-refractivity contribution >= 4 is 10.1 Å². The van der Waals surface area contributed by atoms with E-state index in [4.69, 9.17) is 0 Å². The number of hydrogen-bond donors (Lipinski definition) is 0. The molecule has 90 valence electrons. The minimum Gasteiger partial charge on any atom is -0.743 e. The fourth-order valence-electron chi connectivity index (χ4n) is 0.934. The molecule has 0 amide bonds. The summed E-state index contributed by atoms with van der Waals surface area (Å²) >= 11 is 0. The maximum atomic E-state index is 12.6. The average Bonchev–Trinajstić information content (AvgIpc) is 2.17. The lowest BCUT2D eigenvalue weighted by Gasteiger charge is -2.19. The Hall–Kier alpha value is -1.05. The molecule has 0 aromatic heterocycles. The van der Waals surface area contributed by atoms with Gasteiger partial charge in [-0.2, -0.15) is 8.78 Å². The minimum atomic E-state index is -5.67. The van der Waals surface area contributed by atoms with E-state index in [9.17, 15) is 21.8 Å². The van der Waals surface area contributed by atoms with E-state index in [0.717, 1.165) is 0 Å². The smallest absolute Gasteiger partial charge is 0.357 e. The Morgan fingerprint density at radius 2 is 1.81 bits per heavy atom. The van der Waals surface area contributed by atoms with Crippen molar-refractivity contribution in [3.8, 4) is 0 Å². The average molecular weight is 251 g/mol. The number of hydrogen-bond acceptors (Lipinski definition) is 4. The molecule has 0 radical (unpaired) electrons. The van der Waals surface area contributed by atoms with Gasteiger partial charge in [0.15, 0.2) is 10.1 Å². The van der Waals surface area contributed by atoms with Crippen LogP contribution >= 0.6 is 0 Å². The monoisotopic (exact) mass is 251 g/mol. The van der Waals surface area contributed by atoms with Gasteiger partial charge in [0.1, 0.15) is 6.61 Å². The van der Waals surface area contributed by atoms with Gasteiger partial charge in [-0.1, -0.05) is 30.3 Å². The normalized spacial score (nSPS) is 12.7. The van der Waals surface area contributed by atoms with E-state index in [1.54, 1.807) is 30.3 Å². The highest BCUT2D eigenvalue weighted by Crippen LogP contribution is 2.20. The Bertz CT molecular complexity index is 430. The zero-order chi connectivity index (χ0) is 12.2. The SMILES string of the molecule is O=S(=O)([O-])C(F)(F)COCc1ccccc1. The summed E-state index contributed by atoms with van der Waals surface area (Å²) in [5, 5.41) is -4.39. The van der Waals surface area contributed by atoms with Gasteiger partial charge < -0.3 is 9.29 Å². The molecule has 1 aromatic carbocycles. The van der Waals surface area contributed by atoms with Crippen LogP contribution in [0.5, 0.6) is 0 Å². The van der Waals surface area contributed by atoms with Crippen molar-refractivity contribution in [1.29, 1.82) is 0 Å². The van der Waals surface area contributed by atoms with Crippen LogP contribution in [0.2, 0.25) is 0 Å². The second-order valence-electron chi connectivity index (χ2n) is 3.07. The Kier molecular flexibility index (Phi) is 3.95. The lowest BCUT2D eigenvalue weighted by molar-refractivity contribution is -0.0270. The summed E-state index contributed by atoms with van der Waals surface area (Å²) in [5.74, 6) is 0. The van der Waals surface area contributed by atoms with Gasteiger partial charge in [-0.05, 0) is 5.56 Å². The molecule has 0 spiro atoms. The second kappa shape index (κ2) is 4.86. The standard InChI is InChI=1S/C9H10F2O4S/c10-9(11,16(12,13)14)7-15-6-8-4-2-1-3-5-8/h1-5H,6-7H2,(H,12,13,14)/p-1. The van der Waals surface area contributed by atoms with Crippen LogP contribution in [0.4, 0.5) is 8.78 Å². The molecule has 0 bridgehead atoms. The molecule has 1 aromatic rings. The van der Waals surface area contributed by atoms with Crippen molar-refractivity contribution in [2.75, 3.05) is 6.61 Å². The summed E-state index contributed by atoms with van der Waals surface area (Å²) in [6, 6.07) is 8.36. The topological polar surface area (TPSA) is 66.4 Å². The molecular weight excluding hydrogens is 242 g/mol. The van der Waals surface area contributed by atoms with E-state index >= 15 is 0 Å². The zero-order valence-electron chi connectivity index (χ0n) is 8.10. The summed E-state index contributed by atoms with van der Waals surface area (Å²) in [7, 11) is -5.67. The van der Waals surface area contributed by atoms with Crippen LogP contribution in [-0.2, 0) is 21.5 Å². The number of rotatable bonds is 5. The van der Waals surface area contributed by atoms with Crippen LogP contribution in [0.3, 0.4) is 0 Å². The van der Waals surface area contributed by atoms with Crippen LogP contribution < -0.4 is 0 Å². The molecule has 4 nitrogen and oxygen atoms in total. The number of alkyl halides is 2. The lowest BCUT2D eigenvalue weighted by atomic mass is 10.2. The number of benzene rings is 1. The predicted octanol–water partition coefficient (Wildman–Crippen LogP) is 1.34. The largest absolute Gasteiger partial charge is 0.743 e. The molecule has 0 aliphatic carbocycles. The first-order chi connectivity index (χ1) is 7.33. The quantitative estimate of drug-likeness (QED) is 0.741. The van der Waals surface area contributed by atoms with Gasteiger partial charge in [0.05, 0.1) is 6.61 Å². The lowest BCUT2D eigenvalue weighted by Crippen LogP contribution is -2.33. The van der Waals surface area contributed by atoms with Gasteiger partial charge in [-0.3, -0.25) is 0 Å². The molecule has 16 heavy (non-hydrogen) atoms. The van der Waals surface area contributed by atoms with Crippen molar-refractivity contribution < 1.29 is 26.5 Å². The maximum absolute atomic E-state index is 12.6. The third kappa shape index (κ3) is 3.51. The van der Waals surface area contributed by atoms with Crippen LogP contribution in [0.1, 0.15) is 5.56 Å². The molecule has 0 fully saturated rings. The highest BCUT2D eigenvalue weighted by molar-refractivity contribution is 7.86. The Labute approximate surface area is 91.6 Å². The molecule has 7 heteroatoms. The highest BCUT2D eigenvalue weighted by atomic mass is 32.2. The summed E-state index contributed by atoms with van der Waals surface area (Å²) < 4.78 is 60.0. The Morgan fingerprint density at radius 1 is 1.25 bits per heavy atom. The second-order valence-corrected chi connectivity index (χ2v) is 4.58. The zero-order valence-corrected chi connectivity index (χ0v) is 8.91. The molecule has 0 N–H and O–H groups in total. The predicted molar refractivity (Wildman–Crippen MR) is 50.7 cm³/mol. The first-order valence-corrected chi connectivity index (χ1v) is 5.69. The molecule has 0 unspecified atom stereocenters. The molecule has 1 rings (SSSR count). The van der Waals surface area contributed by atoms with Gasteiger partial charge in [-0.25, -0.2) is 8.42 Å². The number of halogens is 2. The summed E-state index contributed by atoms with van der Waals surface area (Å²) in [6.07, 6.45) is 0. The molecule has 0 saturated carbocycles. The van der Waals surface area contributed by atoms with Crippen LogP contribution in [0, 0.1) is 0 Å². The van der Waals surface area contributed by atoms with Gasteiger partial charge in [0, 0.05) is 0 Å². The van der Waals surface area contributed by atoms with Crippen molar-refractivity contribution in [2.24, 2.45) is 0 Å². The van der Waals surface area contributed by atoms with Gasteiger partial charge in [0.25, 0.3) is 0 Å². The summed E-state index contributed by atoms with van der Waals surface area (Å²) in [5.41, 5.74) is 0.613. The van der Waals surface area contributed by atoms with Crippen LogP contribution in [-0.4, -0.2) is 24.8 Å². The van der Waals surface area contributed by atoms with E-state index in [0.29, 0.717) is 5.56 Å². The molecule has 0 saturated heterocycles. The van der Waals surface area contributed by atoms with E-state index in [2.05, 4.69) is 4.74 Å². The Morgan fingerprint density at radius 3 is 2.31 bits per heavy atom. The highest BCUT2D eigenvalue weighted by Gasteiger charge is 2.37. The fraction of sp³-hybridized carbons (Fsp3) is 0.333. The van der Waals surface area contributed by atoms with Gasteiger partial charge in [0.2, 0.25) is 0 Å². The van der Waals surface area contributed by atoms with Crippen molar-refractivity contribution in [1.82, 2.24) is 0 Å². The third-order valence-electron chi connectivity index (χ3n) is 1.75. The summed E-state index contributed by atoms with van der Waals surface area (Å²) in [4.78, 5) is 0. The van der Waals surface area contributed by atoms with E-state index in [1.807, 2.05) is 0 Å². The van der Waals surface area contributed by atoms with Crippen LogP contribution in [0.15, 0.2) is 30.3 Å². The maximum Gasteiger partial charge on any atom is 0.357 e. The first-order valence-electron chi connectivity index (χ1n) is 4.28. The molecule has 0 heterocycles. The summed E-state index contributed by atoms with van der Waals surface area (Å²) in [6.45, 7) is -1.61. The molecule has 0 aliphatic heterocycles. The van der Waals surface area contributed by atoms with Gasteiger partial charge >= 0.3 is 5.25 Å². The third-order valence-corrected chi connectivity index (χ3v) is 2.60. The van der Waals surface area contributed by atoms with Gasteiger partial charge in [-0.15, -0.1) is 0 Å². The minimum absolute atomic E-state index is 0.175. The van der Waals surface area contributed by atoms with E-state index < -0.39 is 22.0 Å². The van der Waals surface area contributed by atoms with E-state index in [1.165, 1.54) is 0 Å². The van der Waals surface area contributed by atoms with Crippen molar-refractivity contribution in [2.45, 2.75) is 11.9 Å². The van der Waals surface area contributed by atoms with Crippen LogP contribution in [0.25, 0.3) is 0 Å². The number of ether oxygens (including phenoxy) is 1. The van der Waals surface area contributed by atoms with Crippen molar-refractivity contribution in [3.05, 3.63) is 35.9 Å². The Balaban J connectivity index is 2.48. The van der Waals surface area contributed by atoms with E-state index in [-0.39, 0.29) is 6.61 Å².